The Bertz CT molecular complexity index is 255. The highest BCUT2D eigenvalue weighted by Crippen LogP contribution is 2.12. The van der Waals surface area contributed by atoms with E-state index in [1.807, 2.05) is 0 Å². The Morgan fingerprint density at radius 3 is 2.50 bits per heavy atom. The molecular weight excluding hydrogens is 201 g/mol. The molecule has 1 heterocycles. The number of rotatable bonds is 2. The summed E-state index contributed by atoms with van der Waals surface area (Å²) in [4.78, 5) is 3.83. The molecule has 1 aromatic heterocycles. The van der Waals surface area contributed by atoms with E-state index in [-0.39, 0.29) is 25.6 Å². The Balaban J connectivity index is 0.00000121. The summed E-state index contributed by atoms with van der Waals surface area (Å²) in [7, 11) is 0. The molecule has 2 N–H and O–H groups in total. The number of hydrogen-bond donors (Lipinski definition) is 2. The van der Waals surface area contributed by atoms with E-state index in [1.54, 1.807) is 6.07 Å². The first-order chi connectivity index (χ1) is 5.27. The van der Waals surface area contributed by atoms with Gasteiger partial charge in [-0.25, -0.2) is 0 Å². The molecule has 0 saturated heterocycles. The maximum absolute atomic E-state index is 8.76. The van der Waals surface area contributed by atoms with Gasteiger partial charge < -0.3 is 10.2 Å². The molecule has 0 unspecified atom stereocenters. The van der Waals surface area contributed by atoms with Crippen LogP contribution in [-0.2, 0) is 13.2 Å². The van der Waals surface area contributed by atoms with Gasteiger partial charge in [0.1, 0.15) is 0 Å². The van der Waals surface area contributed by atoms with Crippen LogP contribution in [0.3, 0.4) is 0 Å². The van der Waals surface area contributed by atoms with Crippen LogP contribution in [0.2, 0.25) is 5.02 Å². The molecule has 0 aliphatic heterocycles. The van der Waals surface area contributed by atoms with E-state index in [1.165, 1.54) is 6.20 Å². The molecule has 0 amide bonds. The smallest absolute Gasteiger partial charge is 0.0856 e. The zero-order chi connectivity index (χ0) is 8.27. The van der Waals surface area contributed by atoms with Crippen molar-refractivity contribution in [3.8, 4) is 0 Å². The molecular formula is C7H9Cl2NO2. The van der Waals surface area contributed by atoms with Gasteiger partial charge in [-0.2, -0.15) is 0 Å². The summed E-state index contributed by atoms with van der Waals surface area (Å²) in [6, 6.07) is 1.58. The molecule has 68 valence electrons. The minimum atomic E-state index is -0.174. The summed E-state index contributed by atoms with van der Waals surface area (Å²) in [6.07, 6.45) is 1.44. The summed E-state index contributed by atoms with van der Waals surface area (Å²) in [5, 5.41) is 18.0. The normalized spacial score (nSPS) is 9.25. The number of hydrogen-bond acceptors (Lipinski definition) is 3. The first kappa shape index (κ1) is 11.6. The van der Waals surface area contributed by atoms with Crippen molar-refractivity contribution in [1.29, 1.82) is 0 Å². The second kappa shape index (κ2) is 5.32. The van der Waals surface area contributed by atoms with Gasteiger partial charge in [0.25, 0.3) is 0 Å². The molecule has 5 heteroatoms. The Morgan fingerprint density at radius 1 is 1.33 bits per heavy atom. The summed E-state index contributed by atoms with van der Waals surface area (Å²) >= 11 is 5.60. The van der Waals surface area contributed by atoms with Crippen LogP contribution in [0.4, 0.5) is 0 Å². The van der Waals surface area contributed by atoms with E-state index in [2.05, 4.69) is 4.98 Å². The Labute approximate surface area is 81.4 Å². The Kier molecular flexibility index (Phi) is 5.17. The third kappa shape index (κ3) is 2.60. The van der Waals surface area contributed by atoms with Gasteiger partial charge in [0, 0.05) is 11.8 Å². The molecule has 3 nitrogen and oxygen atoms in total. The van der Waals surface area contributed by atoms with Gasteiger partial charge in [-0.3, -0.25) is 4.98 Å². The number of aliphatic hydroxyl groups excluding tert-OH is 2. The maximum atomic E-state index is 8.76. The van der Waals surface area contributed by atoms with E-state index >= 15 is 0 Å². The zero-order valence-corrected chi connectivity index (χ0v) is 7.77. The highest BCUT2D eigenvalue weighted by molar-refractivity contribution is 6.30. The van der Waals surface area contributed by atoms with Gasteiger partial charge in [-0.1, -0.05) is 11.6 Å². The van der Waals surface area contributed by atoms with Gasteiger partial charge in [-0.05, 0) is 6.07 Å². The highest BCUT2D eigenvalue weighted by atomic mass is 35.5. The predicted octanol–water partition coefficient (Wildman–Crippen LogP) is 1.14. The van der Waals surface area contributed by atoms with Crippen LogP contribution < -0.4 is 0 Å². The van der Waals surface area contributed by atoms with E-state index in [0.717, 1.165) is 0 Å². The number of nitrogens with zero attached hydrogens (tertiary/aromatic N) is 1. The standard InChI is InChI=1S/C7H8ClNO2.ClH/c8-6-1-5(3-10)7(4-11)9-2-6;/h1-2,10-11H,3-4H2;1H. The quantitative estimate of drug-likeness (QED) is 0.769. The lowest BCUT2D eigenvalue weighted by Crippen LogP contribution is -1.96. The molecule has 0 fully saturated rings. The third-order valence-corrected chi connectivity index (χ3v) is 1.55. The summed E-state index contributed by atoms with van der Waals surface area (Å²) < 4.78 is 0. The summed E-state index contributed by atoms with van der Waals surface area (Å²) in [6.45, 7) is -0.323. The van der Waals surface area contributed by atoms with Crippen molar-refractivity contribution in [2.45, 2.75) is 13.2 Å². The molecule has 1 rings (SSSR count). The average molecular weight is 210 g/mol. The van der Waals surface area contributed by atoms with Gasteiger partial charge in [0.05, 0.1) is 23.9 Å². The van der Waals surface area contributed by atoms with Crippen LogP contribution in [0.25, 0.3) is 0 Å². The number of halogens is 2. The molecule has 0 aliphatic carbocycles. The van der Waals surface area contributed by atoms with Crippen molar-refractivity contribution in [3.63, 3.8) is 0 Å². The Morgan fingerprint density at radius 2 is 2.00 bits per heavy atom. The molecule has 0 bridgehead atoms. The molecule has 0 atom stereocenters. The van der Waals surface area contributed by atoms with Gasteiger partial charge in [-0.15, -0.1) is 12.4 Å². The molecule has 0 saturated carbocycles. The lowest BCUT2D eigenvalue weighted by Gasteiger charge is -2.02. The molecule has 1 aromatic rings. The predicted molar refractivity (Wildman–Crippen MR) is 48.3 cm³/mol. The second-order valence-corrected chi connectivity index (χ2v) is 2.51. The lowest BCUT2D eigenvalue weighted by atomic mass is 10.2. The summed E-state index contributed by atoms with van der Waals surface area (Å²) in [5.74, 6) is 0. The fourth-order valence-electron chi connectivity index (χ4n) is 0.789. The van der Waals surface area contributed by atoms with Crippen LogP contribution >= 0.6 is 24.0 Å². The van der Waals surface area contributed by atoms with E-state index in [9.17, 15) is 0 Å². The number of aliphatic hydroxyl groups is 2. The molecule has 0 aliphatic rings. The lowest BCUT2D eigenvalue weighted by molar-refractivity contribution is 0.256. The molecule has 12 heavy (non-hydrogen) atoms. The van der Waals surface area contributed by atoms with Crippen LogP contribution in [0, 0.1) is 0 Å². The maximum Gasteiger partial charge on any atom is 0.0856 e. The fourth-order valence-corrected chi connectivity index (χ4v) is 0.969. The minimum absolute atomic E-state index is 0. The van der Waals surface area contributed by atoms with E-state index in [4.69, 9.17) is 21.8 Å². The Hall–Kier alpha value is -0.350. The minimum Gasteiger partial charge on any atom is -0.392 e. The van der Waals surface area contributed by atoms with Crippen molar-refractivity contribution >= 4 is 24.0 Å². The van der Waals surface area contributed by atoms with Crippen molar-refractivity contribution < 1.29 is 10.2 Å². The van der Waals surface area contributed by atoms with Gasteiger partial charge in [0.15, 0.2) is 0 Å². The first-order valence-electron chi connectivity index (χ1n) is 3.13. The SMILES string of the molecule is Cl.OCc1cc(Cl)cnc1CO. The third-order valence-electron chi connectivity index (χ3n) is 1.35. The van der Waals surface area contributed by atoms with Crippen molar-refractivity contribution in [2.24, 2.45) is 0 Å². The van der Waals surface area contributed by atoms with Crippen molar-refractivity contribution in [3.05, 3.63) is 28.5 Å². The first-order valence-corrected chi connectivity index (χ1v) is 3.50. The largest absolute Gasteiger partial charge is 0.392 e. The number of aromatic nitrogens is 1. The van der Waals surface area contributed by atoms with Crippen LogP contribution in [-0.4, -0.2) is 15.2 Å². The fraction of sp³-hybridized carbons (Fsp3) is 0.286. The van der Waals surface area contributed by atoms with Gasteiger partial charge in [0.2, 0.25) is 0 Å². The number of pyridine rings is 1. The zero-order valence-electron chi connectivity index (χ0n) is 6.20. The highest BCUT2D eigenvalue weighted by Gasteiger charge is 2.01. The van der Waals surface area contributed by atoms with E-state index in [0.29, 0.717) is 16.3 Å². The second-order valence-electron chi connectivity index (χ2n) is 2.08. The topological polar surface area (TPSA) is 53.4 Å². The monoisotopic (exact) mass is 209 g/mol. The van der Waals surface area contributed by atoms with Gasteiger partial charge >= 0.3 is 0 Å². The average Bonchev–Trinajstić information content (AvgIpc) is 2.04. The van der Waals surface area contributed by atoms with Crippen LogP contribution in [0.1, 0.15) is 11.3 Å². The molecule has 0 aromatic carbocycles. The molecule has 0 radical (unpaired) electrons. The van der Waals surface area contributed by atoms with E-state index < -0.39 is 0 Å². The van der Waals surface area contributed by atoms with Crippen molar-refractivity contribution in [1.82, 2.24) is 4.98 Å². The molecule has 0 spiro atoms. The van der Waals surface area contributed by atoms with Crippen LogP contribution in [0.15, 0.2) is 12.3 Å². The van der Waals surface area contributed by atoms with Crippen molar-refractivity contribution in [2.75, 3.05) is 0 Å². The summed E-state index contributed by atoms with van der Waals surface area (Å²) in [5.41, 5.74) is 1.04. The van der Waals surface area contributed by atoms with Crippen LogP contribution in [0.5, 0.6) is 0 Å².